The molecule has 0 spiro atoms. The number of ether oxygens (including phenoxy) is 1. The van der Waals surface area contributed by atoms with Crippen LogP contribution in [0.25, 0.3) is 11.1 Å². The van der Waals surface area contributed by atoms with Crippen molar-refractivity contribution in [1.29, 1.82) is 0 Å². The van der Waals surface area contributed by atoms with Crippen LogP contribution in [0.4, 0.5) is 5.69 Å². The lowest BCUT2D eigenvalue weighted by atomic mass is 9.97. The molecule has 0 unspecified atom stereocenters. The van der Waals surface area contributed by atoms with Crippen LogP contribution in [-0.4, -0.2) is 19.0 Å². The van der Waals surface area contributed by atoms with Gasteiger partial charge in [-0.3, -0.25) is 9.59 Å². The summed E-state index contributed by atoms with van der Waals surface area (Å²) in [5.41, 5.74) is 4.84. The number of esters is 1. The van der Waals surface area contributed by atoms with E-state index in [2.05, 4.69) is 10.1 Å². The van der Waals surface area contributed by atoms with Crippen molar-refractivity contribution in [2.45, 2.75) is 19.3 Å². The number of hydrogen-bond acceptors (Lipinski definition) is 3. The molecule has 0 aliphatic rings. The molecule has 0 aliphatic heterocycles. The highest BCUT2D eigenvalue weighted by Gasteiger charge is 2.10. The van der Waals surface area contributed by atoms with Crippen LogP contribution in [0.5, 0.6) is 0 Å². The summed E-state index contributed by atoms with van der Waals surface area (Å²) >= 11 is 0. The molecule has 0 atom stereocenters. The summed E-state index contributed by atoms with van der Waals surface area (Å²) in [4.78, 5) is 23.9. The number of aryl methyl sites for hydroxylation is 1. The molecule has 1 amide bonds. The number of hydrogen-bond donors (Lipinski definition) is 1. The van der Waals surface area contributed by atoms with Crippen LogP contribution in [0.1, 0.15) is 17.5 Å². The van der Waals surface area contributed by atoms with E-state index in [0.29, 0.717) is 12.8 Å². The minimum atomic E-state index is -0.244. The highest BCUT2D eigenvalue weighted by molar-refractivity contribution is 5.93. The van der Waals surface area contributed by atoms with E-state index in [1.807, 2.05) is 78.9 Å². The zero-order chi connectivity index (χ0) is 19.8. The van der Waals surface area contributed by atoms with Crippen LogP contribution < -0.4 is 5.32 Å². The molecule has 0 saturated heterocycles. The highest BCUT2D eigenvalue weighted by atomic mass is 16.5. The Kier molecular flexibility index (Phi) is 6.58. The average Bonchev–Trinajstić information content (AvgIpc) is 2.73. The summed E-state index contributed by atoms with van der Waals surface area (Å²) in [5, 5.41) is 2.96. The largest absolute Gasteiger partial charge is 0.469 e. The fourth-order valence-corrected chi connectivity index (χ4v) is 3.11. The molecular weight excluding hydrogens is 350 g/mol. The summed E-state index contributed by atoms with van der Waals surface area (Å²) in [6.45, 7) is 0. The summed E-state index contributed by atoms with van der Waals surface area (Å²) < 4.78 is 4.67. The number of methoxy groups -OCH3 is 1. The smallest absolute Gasteiger partial charge is 0.305 e. The molecule has 0 aromatic heterocycles. The lowest BCUT2D eigenvalue weighted by molar-refractivity contribution is -0.140. The van der Waals surface area contributed by atoms with E-state index >= 15 is 0 Å². The van der Waals surface area contributed by atoms with Crippen molar-refractivity contribution < 1.29 is 14.3 Å². The van der Waals surface area contributed by atoms with Gasteiger partial charge in [-0.05, 0) is 40.8 Å². The first kappa shape index (κ1) is 19.4. The van der Waals surface area contributed by atoms with Gasteiger partial charge in [0, 0.05) is 12.1 Å². The molecule has 0 saturated carbocycles. The lowest BCUT2D eigenvalue weighted by Gasteiger charge is -2.11. The quantitative estimate of drug-likeness (QED) is 0.614. The van der Waals surface area contributed by atoms with Gasteiger partial charge < -0.3 is 10.1 Å². The molecule has 0 radical (unpaired) electrons. The Balaban J connectivity index is 1.68. The van der Waals surface area contributed by atoms with Gasteiger partial charge in [0.15, 0.2) is 0 Å². The zero-order valence-corrected chi connectivity index (χ0v) is 15.9. The van der Waals surface area contributed by atoms with E-state index in [9.17, 15) is 9.59 Å². The normalized spacial score (nSPS) is 10.3. The fourth-order valence-electron chi connectivity index (χ4n) is 3.11. The maximum atomic E-state index is 12.6. The minimum absolute atomic E-state index is 0.0755. The van der Waals surface area contributed by atoms with Crippen molar-refractivity contribution in [1.82, 2.24) is 0 Å². The number of benzene rings is 3. The fraction of sp³-hybridized carbons (Fsp3) is 0.167. The third-order valence-electron chi connectivity index (χ3n) is 4.51. The molecule has 4 heteroatoms. The predicted octanol–water partition coefficient (Wildman–Crippen LogP) is 4.64. The zero-order valence-electron chi connectivity index (χ0n) is 15.9. The molecule has 0 fully saturated rings. The van der Waals surface area contributed by atoms with Crippen molar-refractivity contribution in [3.63, 3.8) is 0 Å². The van der Waals surface area contributed by atoms with Gasteiger partial charge in [-0.15, -0.1) is 0 Å². The van der Waals surface area contributed by atoms with Gasteiger partial charge >= 0.3 is 5.97 Å². The molecule has 3 aromatic rings. The Labute approximate surface area is 165 Å². The van der Waals surface area contributed by atoms with E-state index < -0.39 is 0 Å². The van der Waals surface area contributed by atoms with Crippen molar-refractivity contribution in [2.24, 2.45) is 0 Å². The van der Waals surface area contributed by atoms with E-state index in [-0.39, 0.29) is 18.3 Å². The first-order chi connectivity index (χ1) is 13.7. The molecular formula is C24H23NO3. The van der Waals surface area contributed by atoms with Crippen molar-refractivity contribution in [3.05, 3.63) is 90.0 Å². The number of carbonyl (C=O) groups excluding carboxylic acids is 2. The Bertz CT molecular complexity index is 951. The first-order valence-electron chi connectivity index (χ1n) is 9.24. The van der Waals surface area contributed by atoms with Gasteiger partial charge in [0.2, 0.25) is 5.91 Å². The summed E-state index contributed by atoms with van der Waals surface area (Å²) in [6, 6.07) is 25.5. The summed E-state index contributed by atoms with van der Waals surface area (Å²) in [5.74, 6) is -0.319. The van der Waals surface area contributed by atoms with Gasteiger partial charge in [-0.25, -0.2) is 0 Å². The maximum absolute atomic E-state index is 12.6. The molecule has 142 valence electrons. The van der Waals surface area contributed by atoms with E-state index in [4.69, 9.17) is 0 Å². The Hall–Kier alpha value is -3.40. The van der Waals surface area contributed by atoms with Crippen LogP contribution in [0.3, 0.4) is 0 Å². The number of carbonyl (C=O) groups is 2. The van der Waals surface area contributed by atoms with E-state index in [0.717, 1.165) is 27.9 Å². The van der Waals surface area contributed by atoms with E-state index in [1.165, 1.54) is 7.11 Å². The SMILES string of the molecule is COC(=O)CCc1cccc(NC(=O)Cc2ccccc2-c2ccccc2)c1. The van der Waals surface area contributed by atoms with Crippen molar-refractivity contribution in [3.8, 4) is 11.1 Å². The minimum Gasteiger partial charge on any atom is -0.469 e. The van der Waals surface area contributed by atoms with Gasteiger partial charge in [-0.1, -0.05) is 66.7 Å². The third kappa shape index (κ3) is 5.30. The van der Waals surface area contributed by atoms with Gasteiger partial charge in [0.1, 0.15) is 0 Å². The standard InChI is InChI=1S/C24H23NO3/c1-28-24(27)15-14-18-8-7-12-21(16-18)25-23(26)17-20-11-5-6-13-22(20)19-9-3-2-4-10-19/h2-13,16H,14-15,17H2,1H3,(H,25,26). The lowest BCUT2D eigenvalue weighted by Crippen LogP contribution is -2.15. The molecule has 3 rings (SSSR count). The van der Waals surface area contributed by atoms with Crippen LogP contribution in [0.2, 0.25) is 0 Å². The molecule has 3 aromatic carbocycles. The third-order valence-corrected chi connectivity index (χ3v) is 4.51. The second-order valence-corrected chi connectivity index (χ2v) is 6.52. The number of rotatable bonds is 7. The van der Waals surface area contributed by atoms with Crippen molar-refractivity contribution in [2.75, 3.05) is 12.4 Å². The molecule has 4 nitrogen and oxygen atoms in total. The molecule has 0 heterocycles. The van der Waals surface area contributed by atoms with Gasteiger partial charge in [-0.2, -0.15) is 0 Å². The molecule has 1 N–H and O–H groups in total. The van der Waals surface area contributed by atoms with Gasteiger partial charge in [0.25, 0.3) is 0 Å². The van der Waals surface area contributed by atoms with Crippen LogP contribution in [-0.2, 0) is 27.2 Å². The maximum Gasteiger partial charge on any atom is 0.305 e. The number of nitrogens with one attached hydrogen (secondary N) is 1. The van der Waals surface area contributed by atoms with Gasteiger partial charge in [0.05, 0.1) is 13.5 Å². The Morgan fingerprint density at radius 3 is 2.43 bits per heavy atom. The molecule has 0 bridgehead atoms. The average molecular weight is 373 g/mol. The monoisotopic (exact) mass is 373 g/mol. The highest BCUT2D eigenvalue weighted by Crippen LogP contribution is 2.24. The van der Waals surface area contributed by atoms with E-state index in [1.54, 1.807) is 0 Å². The molecule has 28 heavy (non-hydrogen) atoms. The summed E-state index contributed by atoms with van der Waals surface area (Å²) in [6.07, 6.45) is 1.18. The second-order valence-electron chi connectivity index (χ2n) is 6.52. The van der Waals surface area contributed by atoms with Crippen molar-refractivity contribution >= 4 is 17.6 Å². The van der Waals surface area contributed by atoms with Crippen LogP contribution >= 0.6 is 0 Å². The Morgan fingerprint density at radius 1 is 0.893 bits per heavy atom. The second kappa shape index (κ2) is 9.51. The topological polar surface area (TPSA) is 55.4 Å². The van der Waals surface area contributed by atoms with Crippen LogP contribution in [0.15, 0.2) is 78.9 Å². The number of amides is 1. The predicted molar refractivity (Wildman–Crippen MR) is 111 cm³/mol. The Morgan fingerprint density at radius 2 is 1.64 bits per heavy atom. The summed E-state index contributed by atoms with van der Waals surface area (Å²) in [7, 11) is 1.38. The number of anilines is 1. The van der Waals surface area contributed by atoms with Crippen LogP contribution in [0, 0.1) is 0 Å². The molecule has 0 aliphatic carbocycles. The first-order valence-corrected chi connectivity index (χ1v) is 9.24.